The van der Waals surface area contributed by atoms with Gasteiger partial charge in [-0.25, -0.2) is 10.5 Å². The summed E-state index contributed by atoms with van der Waals surface area (Å²) in [7, 11) is 0. The lowest BCUT2D eigenvalue weighted by atomic mass is 9.98. The molecule has 0 saturated carbocycles. The molecule has 2 heterocycles. The zero-order chi connectivity index (χ0) is 32.5. The van der Waals surface area contributed by atoms with Crippen LogP contribution in [0.5, 0.6) is 0 Å². The number of ether oxygens (including phenoxy) is 2. The van der Waals surface area contributed by atoms with Crippen LogP contribution in [0.3, 0.4) is 0 Å². The van der Waals surface area contributed by atoms with Gasteiger partial charge in [-0.1, -0.05) is 83.9 Å². The third-order valence-electron chi connectivity index (χ3n) is 7.84. The van der Waals surface area contributed by atoms with Crippen LogP contribution in [0.1, 0.15) is 66.8 Å². The van der Waals surface area contributed by atoms with E-state index in [2.05, 4.69) is 10.3 Å². The fourth-order valence-corrected chi connectivity index (χ4v) is 5.68. The first-order valence-electron chi connectivity index (χ1n) is 15.1. The Bertz CT molecular complexity index is 1630. The number of aliphatic hydroxyl groups is 1. The number of unbranched alkanes of at least 4 members (excludes halogenated alkanes) is 1. The predicted molar refractivity (Wildman–Crippen MR) is 173 cm³/mol. The number of benzene rings is 3. The molecule has 0 spiro atoms. The summed E-state index contributed by atoms with van der Waals surface area (Å²) in [5, 5.41) is 21.6. The molecule has 0 bridgehead atoms. The summed E-state index contributed by atoms with van der Waals surface area (Å²) in [6.45, 7) is 0.778. The van der Waals surface area contributed by atoms with E-state index in [4.69, 9.17) is 37.9 Å². The minimum absolute atomic E-state index is 0.0339. The van der Waals surface area contributed by atoms with Gasteiger partial charge < -0.3 is 24.5 Å². The van der Waals surface area contributed by atoms with Gasteiger partial charge in [-0.05, 0) is 52.8 Å². The summed E-state index contributed by atoms with van der Waals surface area (Å²) in [5.41, 5.74) is 7.14. The molecule has 0 radical (unpaired) electrons. The van der Waals surface area contributed by atoms with Crippen LogP contribution in [-0.4, -0.2) is 37.8 Å². The number of aromatic nitrogens is 2. The van der Waals surface area contributed by atoms with Gasteiger partial charge in [-0.2, -0.15) is 0 Å². The molecule has 1 saturated heterocycles. The maximum absolute atomic E-state index is 12.3. The fraction of sp³-hybridized carbons (Fsp3) is 0.324. The molecule has 242 valence electrons. The largest absolute Gasteiger partial charge is 0.392 e. The van der Waals surface area contributed by atoms with Crippen LogP contribution < -0.4 is 10.8 Å². The molecular formula is C34H36Cl2N4O6. The average molecular weight is 668 g/mol. The van der Waals surface area contributed by atoms with Crippen molar-refractivity contribution in [3.05, 3.63) is 112 Å². The van der Waals surface area contributed by atoms with Crippen LogP contribution in [0.2, 0.25) is 10.3 Å². The SMILES string of the molecule is O=C(CCCCC(=O)NCc1cccc(-c2cccc([C@H]3O[C@@H](Cn4cnc(Cl)c4Cl)C[C@@H](c4ccc(CO)cc4)O3)c2)c1)NO. The number of hydrogen-bond donors (Lipinski definition) is 4. The minimum Gasteiger partial charge on any atom is -0.392 e. The van der Waals surface area contributed by atoms with Crippen molar-refractivity contribution in [2.24, 2.45) is 0 Å². The highest BCUT2D eigenvalue weighted by atomic mass is 35.5. The topological polar surface area (TPSA) is 135 Å². The second-order valence-corrected chi connectivity index (χ2v) is 11.9. The highest BCUT2D eigenvalue weighted by Gasteiger charge is 2.33. The van der Waals surface area contributed by atoms with Crippen molar-refractivity contribution in [3.8, 4) is 11.1 Å². The Morgan fingerprint density at radius 3 is 2.30 bits per heavy atom. The van der Waals surface area contributed by atoms with Gasteiger partial charge in [-0.15, -0.1) is 0 Å². The Hall–Kier alpha value is -3.77. The van der Waals surface area contributed by atoms with Crippen molar-refractivity contribution < 1.29 is 29.4 Å². The molecule has 12 heteroatoms. The van der Waals surface area contributed by atoms with E-state index in [1.807, 2.05) is 72.8 Å². The van der Waals surface area contributed by atoms with Gasteiger partial charge >= 0.3 is 0 Å². The van der Waals surface area contributed by atoms with E-state index in [9.17, 15) is 14.7 Å². The Balaban J connectivity index is 1.29. The second-order valence-electron chi connectivity index (χ2n) is 11.2. The molecule has 3 aromatic carbocycles. The van der Waals surface area contributed by atoms with Crippen LogP contribution in [0.25, 0.3) is 11.1 Å². The lowest BCUT2D eigenvalue weighted by molar-refractivity contribution is -0.252. The summed E-state index contributed by atoms with van der Waals surface area (Å²) in [6, 6.07) is 23.7. The summed E-state index contributed by atoms with van der Waals surface area (Å²) in [4.78, 5) is 27.5. The highest BCUT2D eigenvalue weighted by molar-refractivity contribution is 6.40. The van der Waals surface area contributed by atoms with Crippen LogP contribution in [0.4, 0.5) is 0 Å². The summed E-state index contributed by atoms with van der Waals surface area (Å²) < 4.78 is 14.8. The van der Waals surface area contributed by atoms with Crippen molar-refractivity contribution >= 4 is 35.0 Å². The maximum Gasteiger partial charge on any atom is 0.243 e. The van der Waals surface area contributed by atoms with Crippen molar-refractivity contribution in [2.75, 3.05) is 0 Å². The standard InChI is InChI=1S/C34H36Cl2N4O6/c35-32-33(36)40(21-38-32)19-28-17-29(24-13-11-22(20-41)12-14-24)46-34(45-28)27-8-4-7-26(16-27)25-6-3-5-23(15-25)18-37-30(42)9-1-2-10-31(43)39-44/h3-8,11-16,21,28-29,34,41,44H,1-2,9-10,17-20H2,(H,37,42)(H,39,43)/t28-,29+,34+/m1/s1. The van der Waals surface area contributed by atoms with Gasteiger partial charge in [0.25, 0.3) is 0 Å². The quantitative estimate of drug-likeness (QED) is 0.0750. The van der Waals surface area contributed by atoms with E-state index in [0.29, 0.717) is 43.9 Å². The van der Waals surface area contributed by atoms with Crippen molar-refractivity contribution in [2.45, 2.75) is 70.3 Å². The van der Waals surface area contributed by atoms with Crippen LogP contribution >= 0.6 is 23.2 Å². The molecule has 1 fully saturated rings. The molecule has 1 aliphatic rings. The summed E-state index contributed by atoms with van der Waals surface area (Å²) in [5.74, 6) is -0.557. The predicted octanol–water partition coefficient (Wildman–Crippen LogP) is 6.28. The molecular weight excluding hydrogens is 631 g/mol. The number of halogens is 2. The van der Waals surface area contributed by atoms with Gasteiger partial charge in [0, 0.05) is 31.4 Å². The maximum atomic E-state index is 12.3. The first-order valence-corrected chi connectivity index (χ1v) is 15.8. The van der Waals surface area contributed by atoms with E-state index in [-0.39, 0.29) is 36.3 Å². The number of rotatable bonds is 13. The smallest absolute Gasteiger partial charge is 0.243 e. The van der Waals surface area contributed by atoms with Gasteiger partial charge in [0.15, 0.2) is 11.4 Å². The third-order valence-corrected chi connectivity index (χ3v) is 8.61. The van der Waals surface area contributed by atoms with E-state index in [0.717, 1.165) is 33.4 Å². The number of carbonyl (C=O) groups excluding carboxylic acids is 2. The molecule has 3 atom stereocenters. The first kappa shape index (κ1) is 33.6. The number of aliphatic hydroxyl groups excluding tert-OH is 1. The molecule has 4 aromatic rings. The van der Waals surface area contributed by atoms with Gasteiger partial charge in [0.1, 0.15) is 5.15 Å². The van der Waals surface area contributed by atoms with Crippen LogP contribution in [-0.2, 0) is 38.8 Å². The first-order chi connectivity index (χ1) is 22.3. The molecule has 4 N–H and O–H groups in total. The summed E-state index contributed by atoms with van der Waals surface area (Å²) >= 11 is 12.5. The average Bonchev–Trinajstić information content (AvgIpc) is 3.41. The van der Waals surface area contributed by atoms with Crippen molar-refractivity contribution in [1.29, 1.82) is 0 Å². The summed E-state index contributed by atoms with van der Waals surface area (Å²) in [6.07, 6.45) is 2.53. The zero-order valence-electron chi connectivity index (χ0n) is 25.1. The number of hydrogen-bond acceptors (Lipinski definition) is 7. The number of nitrogens with one attached hydrogen (secondary N) is 2. The number of imidazole rings is 1. The van der Waals surface area contributed by atoms with Gasteiger partial charge in [-0.3, -0.25) is 14.8 Å². The zero-order valence-corrected chi connectivity index (χ0v) is 26.6. The fourth-order valence-electron chi connectivity index (χ4n) is 5.36. The molecule has 10 nitrogen and oxygen atoms in total. The Kier molecular flexibility index (Phi) is 11.8. The van der Waals surface area contributed by atoms with E-state index < -0.39 is 12.2 Å². The number of nitrogens with zero attached hydrogens (tertiary/aromatic N) is 2. The van der Waals surface area contributed by atoms with Gasteiger partial charge in [0.05, 0.1) is 31.7 Å². The Morgan fingerprint density at radius 1 is 0.891 bits per heavy atom. The lowest BCUT2D eigenvalue weighted by Crippen LogP contribution is -2.32. The monoisotopic (exact) mass is 666 g/mol. The normalized spacial score (nSPS) is 17.9. The second kappa shape index (κ2) is 16.2. The molecule has 5 rings (SSSR count). The van der Waals surface area contributed by atoms with Crippen molar-refractivity contribution in [1.82, 2.24) is 20.3 Å². The van der Waals surface area contributed by atoms with Crippen molar-refractivity contribution in [3.63, 3.8) is 0 Å². The van der Waals surface area contributed by atoms with Gasteiger partial charge in [0.2, 0.25) is 11.8 Å². The van der Waals surface area contributed by atoms with E-state index >= 15 is 0 Å². The van der Waals surface area contributed by atoms with Crippen LogP contribution in [0.15, 0.2) is 79.1 Å². The number of hydroxylamine groups is 1. The Morgan fingerprint density at radius 2 is 1.61 bits per heavy atom. The number of amides is 2. The third kappa shape index (κ3) is 8.94. The Labute approximate surface area is 277 Å². The molecule has 46 heavy (non-hydrogen) atoms. The van der Waals surface area contributed by atoms with E-state index in [1.165, 1.54) is 0 Å². The molecule has 0 unspecified atom stereocenters. The molecule has 2 amide bonds. The molecule has 1 aromatic heterocycles. The molecule has 0 aliphatic carbocycles. The lowest BCUT2D eigenvalue weighted by Gasteiger charge is -2.36. The minimum atomic E-state index is -0.662. The molecule has 1 aliphatic heterocycles. The van der Waals surface area contributed by atoms with Crippen LogP contribution in [0, 0.1) is 0 Å². The number of carbonyl (C=O) groups is 2. The van der Waals surface area contributed by atoms with E-state index in [1.54, 1.807) is 16.4 Å². The highest BCUT2D eigenvalue weighted by Crippen LogP contribution is 2.39.